The summed E-state index contributed by atoms with van der Waals surface area (Å²) in [5.41, 5.74) is 2.43. The monoisotopic (exact) mass is 429 g/mol. The van der Waals surface area contributed by atoms with Gasteiger partial charge < -0.3 is 25.1 Å². The Morgan fingerprint density at radius 2 is 1.69 bits per heavy atom. The van der Waals surface area contributed by atoms with Crippen LogP contribution in [0.15, 0.2) is 85.1 Å². The average molecular weight is 429 g/mol. The van der Waals surface area contributed by atoms with E-state index in [1.54, 1.807) is 55.6 Å². The van der Waals surface area contributed by atoms with Crippen LogP contribution in [-0.2, 0) is 11.2 Å². The summed E-state index contributed by atoms with van der Waals surface area (Å²) in [5, 5.41) is 6.54. The molecular formula is C25H23N3O4. The zero-order valence-corrected chi connectivity index (χ0v) is 17.5. The van der Waals surface area contributed by atoms with Crippen LogP contribution in [0.5, 0.6) is 11.5 Å². The van der Waals surface area contributed by atoms with Gasteiger partial charge in [-0.2, -0.15) is 0 Å². The number of para-hydroxylation sites is 2. The smallest absolute Gasteiger partial charge is 0.413 e. The van der Waals surface area contributed by atoms with Crippen LogP contribution in [0.1, 0.15) is 5.56 Å². The largest absolute Gasteiger partial charge is 0.497 e. The number of anilines is 1. The van der Waals surface area contributed by atoms with Gasteiger partial charge in [0.25, 0.3) is 0 Å². The molecule has 0 saturated heterocycles. The van der Waals surface area contributed by atoms with Crippen molar-refractivity contribution in [3.63, 3.8) is 0 Å². The molecule has 3 aromatic carbocycles. The Kier molecular flexibility index (Phi) is 6.36. The first-order valence-electron chi connectivity index (χ1n) is 10.2. The SMILES string of the molecule is COc1cccc(NC(=O)C(Cc2c[nH]c3ccccc23)NC(=O)Oc2ccccc2)c1. The molecule has 0 bridgehead atoms. The topological polar surface area (TPSA) is 92.5 Å². The van der Waals surface area contributed by atoms with Gasteiger partial charge in [-0.3, -0.25) is 4.79 Å². The third-order valence-electron chi connectivity index (χ3n) is 5.00. The van der Waals surface area contributed by atoms with Crippen LogP contribution in [0, 0.1) is 0 Å². The molecule has 7 nitrogen and oxygen atoms in total. The Balaban J connectivity index is 1.54. The zero-order chi connectivity index (χ0) is 22.3. The minimum atomic E-state index is -0.864. The molecule has 1 atom stereocenters. The third kappa shape index (κ3) is 5.07. The van der Waals surface area contributed by atoms with E-state index in [4.69, 9.17) is 9.47 Å². The molecule has 0 aliphatic rings. The highest BCUT2D eigenvalue weighted by molar-refractivity contribution is 5.97. The fraction of sp³-hybridized carbons (Fsp3) is 0.120. The van der Waals surface area contributed by atoms with Crippen molar-refractivity contribution < 1.29 is 19.1 Å². The number of nitrogens with one attached hydrogen (secondary N) is 3. The lowest BCUT2D eigenvalue weighted by atomic mass is 10.0. The van der Waals surface area contributed by atoms with Gasteiger partial charge in [0.15, 0.2) is 0 Å². The summed E-state index contributed by atoms with van der Waals surface area (Å²) in [6.45, 7) is 0. The second-order valence-corrected chi connectivity index (χ2v) is 7.18. The summed E-state index contributed by atoms with van der Waals surface area (Å²) in [5.74, 6) is 0.644. The molecule has 4 aromatic rings. The van der Waals surface area contributed by atoms with Crippen molar-refractivity contribution in [3.05, 3.63) is 90.6 Å². The Labute approximate surface area is 185 Å². The molecule has 1 unspecified atom stereocenters. The lowest BCUT2D eigenvalue weighted by molar-refractivity contribution is -0.118. The number of aromatic nitrogens is 1. The quantitative estimate of drug-likeness (QED) is 0.403. The lowest BCUT2D eigenvalue weighted by Crippen LogP contribution is -2.46. The maximum Gasteiger partial charge on any atom is 0.413 e. The number of aromatic amines is 1. The number of carbonyl (C=O) groups excluding carboxylic acids is 2. The molecule has 0 saturated carbocycles. The van der Waals surface area contributed by atoms with Gasteiger partial charge in [0.1, 0.15) is 17.5 Å². The molecule has 0 fully saturated rings. The van der Waals surface area contributed by atoms with Gasteiger partial charge in [0, 0.05) is 35.3 Å². The minimum Gasteiger partial charge on any atom is -0.497 e. The summed E-state index contributed by atoms with van der Waals surface area (Å²) in [7, 11) is 1.56. The molecule has 32 heavy (non-hydrogen) atoms. The molecule has 0 spiro atoms. The first-order valence-corrected chi connectivity index (χ1v) is 10.2. The molecule has 162 valence electrons. The van der Waals surface area contributed by atoms with Crippen molar-refractivity contribution >= 4 is 28.6 Å². The van der Waals surface area contributed by atoms with Crippen molar-refractivity contribution in [1.29, 1.82) is 0 Å². The highest BCUT2D eigenvalue weighted by atomic mass is 16.6. The second kappa shape index (κ2) is 9.70. The lowest BCUT2D eigenvalue weighted by Gasteiger charge is -2.18. The van der Waals surface area contributed by atoms with Crippen LogP contribution in [-0.4, -0.2) is 30.1 Å². The van der Waals surface area contributed by atoms with Crippen molar-refractivity contribution in [2.75, 3.05) is 12.4 Å². The molecule has 0 aliphatic carbocycles. The van der Waals surface area contributed by atoms with Crippen LogP contribution in [0.25, 0.3) is 10.9 Å². The first-order chi connectivity index (χ1) is 15.6. The number of rotatable bonds is 7. The fourth-order valence-corrected chi connectivity index (χ4v) is 3.43. The van der Waals surface area contributed by atoms with Gasteiger partial charge in [-0.1, -0.05) is 42.5 Å². The molecule has 7 heteroatoms. The molecule has 4 rings (SSSR count). The maximum atomic E-state index is 13.1. The summed E-state index contributed by atoms with van der Waals surface area (Å²) < 4.78 is 10.5. The van der Waals surface area contributed by atoms with E-state index in [2.05, 4.69) is 15.6 Å². The normalized spacial score (nSPS) is 11.5. The zero-order valence-electron chi connectivity index (χ0n) is 17.5. The number of carbonyl (C=O) groups is 2. The highest BCUT2D eigenvalue weighted by Gasteiger charge is 2.24. The molecule has 0 radical (unpaired) electrons. The highest BCUT2D eigenvalue weighted by Crippen LogP contribution is 2.21. The standard InChI is InChI=1S/C25H23N3O4/c1-31-20-11-7-8-18(15-20)27-24(29)23(28-25(30)32-19-9-3-2-4-10-19)14-17-16-26-22-13-6-5-12-21(17)22/h2-13,15-16,23,26H,14H2,1H3,(H,27,29)(H,28,30). The number of hydrogen-bond acceptors (Lipinski definition) is 4. The third-order valence-corrected chi connectivity index (χ3v) is 5.00. The predicted octanol–water partition coefficient (Wildman–Crippen LogP) is 4.51. The first kappa shape index (κ1) is 21.0. The number of H-pyrrole nitrogens is 1. The van der Waals surface area contributed by atoms with E-state index in [0.717, 1.165) is 16.5 Å². The van der Waals surface area contributed by atoms with Crippen LogP contribution >= 0.6 is 0 Å². The Hall–Kier alpha value is -4.26. The van der Waals surface area contributed by atoms with Crippen LogP contribution in [0.4, 0.5) is 10.5 Å². The van der Waals surface area contributed by atoms with E-state index in [9.17, 15) is 9.59 Å². The number of fused-ring (bicyclic) bond motifs is 1. The predicted molar refractivity (Wildman–Crippen MR) is 123 cm³/mol. The Morgan fingerprint density at radius 3 is 2.50 bits per heavy atom. The number of hydrogen-bond donors (Lipinski definition) is 3. The molecule has 1 heterocycles. The summed E-state index contributed by atoms with van der Waals surface area (Å²) in [6.07, 6.45) is 1.42. The van der Waals surface area contributed by atoms with Gasteiger partial charge in [-0.05, 0) is 35.9 Å². The fourth-order valence-electron chi connectivity index (χ4n) is 3.43. The number of ether oxygens (including phenoxy) is 2. The minimum absolute atomic E-state index is 0.281. The van der Waals surface area contributed by atoms with Crippen LogP contribution in [0.2, 0.25) is 0 Å². The van der Waals surface area contributed by atoms with Gasteiger partial charge in [0.05, 0.1) is 7.11 Å². The van der Waals surface area contributed by atoms with Gasteiger partial charge in [-0.25, -0.2) is 4.79 Å². The van der Waals surface area contributed by atoms with E-state index in [-0.39, 0.29) is 12.3 Å². The number of amides is 2. The molecular weight excluding hydrogens is 406 g/mol. The Morgan fingerprint density at radius 1 is 0.938 bits per heavy atom. The molecule has 3 N–H and O–H groups in total. The van der Waals surface area contributed by atoms with E-state index in [1.807, 2.05) is 36.5 Å². The Bertz CT molecular complexity index is 1220. The van der Waals surface area contributed by atoms with Crippen LogP contribution in [0.3, 0.4) is 0 Å². The molecule has 2 amide bonds. The summed E-state index contributed by atoms with van der Waals surface area (Å²) in [6, 6.07) is 22.7. The van der Waals surface area contributed by atoms with Crippen molar-refractivity contribution in [1.82, 2.24) is 10.3 Å². The second-order valence-electron chi connectivity index (χ2n) is 7.18. The summed E-state index contributed by atoms with van der Waals surface area (Å²) >= 11 is 0. The van der Waals surface area contributed by atoms with E-state index in [0.29, 0.717) is 17.2 Å². The maximum absolute atomic E-state index is 13.1. The summed E-state index contributed by atoms with van der Waals surface area (Å²) in [4.78, 5) is 28.9. The number of benzene rings is 3. The van der Waals surface area contributed by atoms with Crippen LogP contribution < -0.4 is 20.1 Å². The van der Waals surface area contributed by atoms with Gasteiger partial charge in [0.2, 0.25) is 5.91 Å². The van der Waals surface area contributed by atoms with Gasteiger partial charge in [-0.15, -0.1) is 0 Å². The molecule has 0 aliphatic heterocycles. The number of methoxy groups -OCH3 is 1. The van der Waals surface area contributed by atoms with Crippen molar-refractivity contribution in [3.8, 4) is 11.5 Å². The van der Waals surface area contributed by atoms with E-state index >= 15 is 0 Å². The van der Waals surface area contributed by atoms with Crippen molar-refractivity contribution in [2.24, 2.45) is 0 Å². The van der Waals surface area contributed by atoms with E-state index in [1.165, 1.54) is 0 Å². The van der Waals surface area contributed by atoms with E-state index < -0.39 is 12.1 Å². The molecule has 1 aromatic heterocycles. The average Bonchev–Trinajstić information content (AvgIpc) is 3.22. The van der Waals surface area contributed by atoms with Gasteiger partial charge >= 0.3 is 6.09 Å². The van der Waals surface area contributed by atoms with Crippen molar-refractivity contribution in [2.45, 2.75) is 12.5 Å².